The number of aromatic nitrogens is 1. The van der Waals surface area contributed by atoms with Crippen molar-refractivity contribution in [2.24, 2.45) is 0 Å². The van der Waals surface area contributed by atoms with Crippen molar-refractivity contribution in [1.82, 2.24) is 9.88 Å². The standard InChI is InChI=1S/C33H35N7O2/c1-3-30(41)40-15-14-39(21-25(40)10-12-34)32-26-11-13-38(29-9-5-8-24-7-4-6-23(2)31(24)29)22-28(26)36-33(27(32)20-35)37-16-18-42-19-17-37/h3-9,25H,1,10-11,13-19,21-22H2,2H3/t25-/m0/s1. The Morgan fingerprint density at radius 3 is 2.60 bits per heavy atom. The summed E-state index contributed by atoms with van der Waals surface area (Å²) in [6.45, 7) is 11.3. The molecule has 0 bridgehead atoms. The van der Waals surface area contributed by atoms with Gasteiger partial charge in [-0.25, -0.2) is 4.98 Å². The number of carbonyl (C=O) groups excluding carboxylic acids is 1. The molecule has 2 aromatic carbocycles. The topological polar surface area (TPSA) is 99.7 Å². The van der Waals surface area contributed by atoms with Gasteiger partial charge in [0.1, 0.15) is 17.5 Å². The van der Waals surface area contributed by atoms with E-state index in [9.17, 15) is 15.3 Å². The molecule has 1 aromatic heterocycles. The second-order valence-electron chi connectivity index (χ2n) is 11.1. The molecule has 2 fully saturated rings. The van der Waals surface area contributed by atoms with Crippen LogP contribution >= 0.6 is 0 Å². The molecular weight excluding hydrogens is 526 g/mol. The zero-order valence-electron chi connectivity index (χ0n) is 24.1. The molecule has 3 aliphatic rings. The number of ether oxygens (including phenoxy) is 1. The summed E-state index contributed by atoms with van der Waals surface area (Å²) in [4.78, 5) is 26.3. The molecule has 9 nitrogen and oxygen atoms in total. The summed E-state index contributed by atoms with van der Waals surface area (Å²) >= 11 is 0. The fourth-order valence-electron chi connectivity index (χ4n) is 6.72. The average molecular weight is 562 g/mol. The second-order valence-corrected chi connectivity index (χ2v) is 11.1. The van der Waals surface area contributed by atoms with Crippen molar-refractivity contribution < 1.29 is 9.53 Å². The lowest BCUT2D eigenvalue weighted by Crippen LogP contribution is -2.55. The molecule has 0 aliphatic carbocycles. The van der Waals surface area contributed by atoms with E-state index in [-0.39, 0.29) is 18.4 Å². The second kappa shape index (κ2) is 11.7. The highest BCUT2D eigenvalue weighted by molar-refractivity contribution is 5.97. The molecule has 2 saturated heterocycles. The van der Waals surface area contributed by atoms with Crippen LogP contribution in [0.25, 0.3) is 10.8 Å². The highest BCUT2D eigenvalue weighted by atomic mass is 16.5. The van der Waals surface area contributed by atoms with E-state index in [2.05, 4.69) is 76.7 Å². The van der Waals surface area contributed by atoms with Crippen molar-refractivity contribution in [1.29, 1.82) is 10.5 Å². The molecule has 0 saturated carbocycles. The molecule has 214 valence electrons. The van der Waals surface area contributed by atoms with Gasteiger partial charge in [-0.3, -0.25) is 4.79 Å². The third kappa shape index (κ3) is 4.91. The maximum Gasteiger partial charge on any atom is 0.246 e. The number of pyridine rings is 1. The number of hydrogen-bond acceptors (Lipinski definition) is 8. The van der Waals surface area contributed by atoms with Gasteiger partial charge >= 0.3 is 0 Å². The molecule has 9 heteroatoms. The molecule has 6 rings (SSSR count). The maximum absolute atomic E-state index is 12.6. The number of morpholine rings is 1. The van der Waals surface area contributed by atoms with Crippen LogP contribution < -0.4 is 14.7 Å². The molecule has 1 amide bonds. The molecule has 1 atom stereocenters. The van der Waals surface area contributed by atoms with Gasteiger partial charge in [-0.05, 0) is 36.4 Å². The lowest BCUT2D eigenvalue weighted by atomic mass is 9.95. The van der Waals surface area contributed by atoms with Gasteiger partial charge in [-0.2, -0.15) is 10.5 Å². The van der Waals surface area contributed by atoms with E-state index in [1.807, 2.05) is 0 Å². The van der Waals surface area contributed by atoms with Crippen LogP contribution in [0.15, 0.2) is 49.1 Å². The number of amides is 1. The first kappa shape index (κ1) is 27.6. The molecule has 42 heavy (non-hydrogen) atoms. The van der Waals surface area contributed by atoms with Gasteiger partial charge in [0.15, 0.2) is 0 Å². The largest absolute Gasteiger partial charge is 0.378 e. The zero-order chi connectivity index (χ0) is 29.2. The summed E-state index contributed by atoms with van der Waals surface area (Å²) in [7, 11) is 0. The van der Waals surface area contributed by atoms with Gasteiger partial charge in [0, 0.05) is 55.9 Å². The van der Waals surface area contributed by atoms with E-state index in [1.165, 1.54) is 28.1 Å². The third-order valence-electron chi connectivity index (χ3n) is 8.75. The highest BCUT2D eigenvalue weighted by Gasteiger charge is 2.35. The fraction of sp³-hybridized carbons (Fsp3) is 0.394. The van der Waals surface area contributed by atoms with E-state index in [0.717, 1.165) is 29.9 Å². The van der Waals surface area contributed by atoms with Crippen LogP contribution in [-0.2, 0) is 22.5 Å². The predicted octanol–water partition coefficient (Wildman–Crippen LogP) is 3.93. The number of carbonyl (C=O) groups is 1. The van der Waals surface area contributed by atoms with Gasteiger partial charge in [0.05, 0.1) is 49.7 Å². The summed E-state index contributed by atoms with van der Waals surface area (Å²) in [5.41, 5.74) is 5.99. The number of benzene rings is 2. The van der Waals surface area contributed by atoms with Gasteiger partial charge in [0.25, 0.3) is 0 Å². The Bertz CT molecular complexity index is 1610. The summed E-state index contributed by atoms with van der Waals surface area (Å²) in [6.07, 6.45) is 2.28. The lowest BCUT2D eigenvalue weighted by molar-refractivity contribution is -0.128. The maximum atomic E-state index is 12.6. The summed E-state index contributed by atoms with van der Waals surface area (Å²) in [5.74, 6) is 0.536. The van der Waals surface area contributed by atoms with Crippen LogP contribution in [0.4, 0.5) is 17.2 Å². The van der Waals surface area contributed by atoms with Crippen LogP contribution in [0.1, 0.15) is 28.8 Å². The van der Waals surface area contributed by atoms with Crippen LogP contribution in [0.2, 0.25) is 0 Å². The first-order valence-corrected chi connectivity index (χ1v) is 14.6. The SMILES string of the molecule is C=CC(=O)N1CCN(c2c(C#N)c(N3CCOCC3)nc3c2CCN(c2cccc4cccc(C)c24)C3)C[C@@H]1CC#N. The van der Waals surface area contributed by atoms with Crippen LogP contribution in [0.5, 0.6) is 0 Å². The van der Waals surface area contributed by atoms with E-state index in [1.54, 1.807) is 4.90 Å². The molecular formula is C33H35N7O2. The van der Waals surface area contributed by atoms with Crippen LogP contribution in [-0.4, -0.2) is 74.3 Å². The average Bonchev–Trinajstić information content (AvgIpc) is 3.03. The predicted molar refractivity (Wildman–Crippen MR) is 164 cm³/mol. The van der Waals surface area contributed by atoms with Crippen molar-refractivity contribution in [2.75, 3.05) is 67.2 Å². The quantitative estimate of drug-likeness (QED) is 0.432. The number of aryl methyl sites for hydroxylation is 1. The van der Waals surface area contributed by atoms with E-state index >= 15 is 0 Å². The number of anilines is 3. The zero-order valence-corrected chi connectivity index (χ0v) is 24.1. The molecule has 3 aromatic rings. The number of nitriles is 2. The van der Waals surface area contributed by atoms with Gasteiger partial charge in [-0.1, -0.05) is 36.9 Å². The van der Waals surface area contributed by atoms with Crippen LogP contribution in [0, 0.1) is 29.6 Å². The molecule has 0 unspecified atom stereocenters. The normalized spacial score (nSPS) is 18.8. The van der Waals surface area contributed by atoms with Gasteiger partial charge in [0.2, 0.25) is 5.91 Å². The Balaban J connectivity index is 1.44. The summed E-state index contributed by atoms with van der Waals surface area (Å²) < 4.78 is 5.62. The van der Waals surface area contributed by atoms with E-state index in [4.69, 9.17) is 9.72 Å². The monoisotopic (exact) mass is 561 g/mol. The van der Waals surface area contributed by atoms with Gasteiger partial charge in [-0.15, -0.1) is 0 Å². The van der Waals surface area contributed by atoms with Crippen molar-refractivity contribution >= 4 is 33.9 Å². The number of piperazine rings is 1. The molecule has 0 N–H and O–H groups in total. The molecule has 3 aliphatic heterocycles. The van der Waals surface area contributed by atoms with Crippen molar-refractivity contribution in [2.45, 2.75) is 32.4 Å². The molecule has 4 heterocycles. The first-order valence-electron chi connectivity index (χ1n) is 14.6. The van der Waals surface area contributed by atoms with Crippen molar-refractivity contribution in [3.8, 4) is 12.1 Å². The Morgan fingerprint density at radius 2 is 1.86 bits per heavy atom. The minimum absolute atomic E-state index is 0.165. The van der Waals surface area contributed by atoms with Crippen LogP contribution in [0.3, 0.4) is 0 Å². The lowest BCUT2D eigenvalue weighted by Gasteiger charge is -2.43. The van der Waals surface area contributed by atoms with E-state index < -0.39 is 0 Å². The molecule has 0 radical (unpaired) electrons. The smallest absolute Gasteiger partial charge is 0.246 e. The Labute approximate surface area is 246 Å². The molecule has 0 spiro atoms. The Hall–Kier alpha value is -4.60. The van der Waals surface area contributed by atoms with Gasteiger partial charge < -0.3 is 24.3 Å². The Kier molecular flexibility index (Phi) is 7.69. The first-order chi connectivity index (χ1) is 20.5. The number of fused-ring (bicyclic) bond motifs is 2. The van der Waals surface area contributed by atoms with Crippen molar-refractivity contribution in [3.05, 3.63) is 71.4 Å². The minimum atomic E-state index is -0.282. The minimum Gasteiger partial charge on any atom is -0.378 e. The van der Waals surface area contributed by atoms with Crippen molar-refractivity contribution in [3.63, 3.8) is 0 Å². The third-order valence-corrected chi connectivity index (χ3v) is 8.75. The fourth-order valence-corrected chi connectivity index (χ4v) is 6.72. The summed E-state index contributed by atoms with van der Waals surface area (Å²) in [5, 5.41) is 22.6. The number of rotatable bonds is 5. The number of hydrogen-bond donors (Lipinski definition) is 0. The number of nitrogens with zero attached hydrogens (tertiary/aromatic N) is 7. The Morgan fingerprint density at radius 1 is 1.07 bits per heavy atom. The summed E-state index contributed by atoms with van der Waals surface area (Å²) in [6, 6.07) is 17.4. The highest BCUT2D eigenvalue weighted by Crippen LogP contribution is 2.40. The van der Waals surface area contributed by atoms with E-state index in [0.29, 0.717) is 63.9 Å².